The van der Waals surface area contributed by atoms with Gasteiger partial charge in [0.2, 0.25) is 5.91 Å². The minimum Gasteiger partial charge on any atom is -0.340 e. The summed E-state index contributed by atoms with van der Waals surface area (Å²) in [6, 6.07) is 5.28. The molecule has 2 saturated heterocycles. The highest BCUT2D eigenvalue weighted by atomic mass is 16.2. The average Bonchev–Trinajstić information content (AvgIpc) is 3.29. The lowest BCUT2D eigenvalue weighted by molar-refractivity contribution is -0.137. The van der Waals surface area contributed by atoms with Gasteiger partial charge in [-0.15, -0.1) is 0 Å². The number of aromatic amines is 1. The Balaban J connectivity index is 1.57. The van der Waals surface area contributed by atoms with Gasteiger partial charge >= 0.3 is 6.03 Å². The Bertz CT molecular complexity index is 858. The van der Waals surface area contributed by atoms with Crippen molar-refractivity contribution in [3.63, 3.8) is 0 Å². The molecule has 25 heavy (non-hydrogen) atoms. The number of nitrogens with zero attached hydrogens (tertiary/aromatic N) is 3. The number of aromatic nitrogens is 2. The van der Waals surface area contributed by atoms with Gasteiger partial charge in [0.15, 0.2) is 0 Å². The van der Waals surface area contributed by atoms with E-state index in [9.17, 15) is 14.4 Å². The van der Waals surface area contributed by atoms with Crippen LogP contribution in [0.2, 0.25) is 0 Å². The topological polar surface area (TPSA) is 98.4 Å². The number of aryl methyl sites for hydroxylation is 1. The van der Waals surface area contributed by atoms with Crippen molar-refractivity contribution in [1.29, 1.82) is 0 Å². The number of imidazole rings is 1. The normalized spacial score (nSPS) is 20.6. The van der Waals surface area contributed by atoms with Crippen LogP contribution in [0.3, 0.4) is 0 Å². The van der Waals surface area contributed by atoms with E-state index in [1.54, 1.807) is 4.90 Å². The Morgan fingerprint density at radius 2 is 2.20 bits per heavy atom. The summed E-state index contributed by atoms with van der Waals surface area (Å²) in [6.07, 6.45) is 1.68. The SMILES string of the molecule is Cc1cccc2[nH]c([C@@H]3CCCN3C(=O)CN3C(=O)CNC3=O)nc12. The largest absolute Gasteiger partial charge is 0.340 e. The molecule has 8 heteroatoms. The van der Waals surface area contributed by atoms with Gasteiger partial charge in [0.05, 0.1) is 23.6 Å². The Labute approximate surface area is 144 Å². The molecule has 2 aliphatic rings. The summed E-state index contributed by atoms with van der Waals surface area (Å²) in [7, 11) is 0. The van der Waals surface area contributed by atoms with Gasteiger partial charge in [-0.3, -0.25) is 14.5 Å². The van der Waals surface area contributed by atoms with Crippen LogP contribution in [0.5, 0.6) is 0 Å². The van der Waals surface area contributed by atoms with Gasteiger partial charge in [0.25, 0.3) is 5.91 Å². The lowest BCUT2D eigenvalue weighted by Gasteiger charge is -2.24. The minimum atomic E-state index is -0.506. The van der Waals surface area contributed by atoms with Crippen LogP contribution in [0, 0.1) is 6.92 Å². The standard InChI is InChI=1S/C17H19N5O3/c1-10-4-2-5-11-15(10)20-16(19-11)12-6-3-7-21(12)14(24)9-22-13(23)8-18-17(22)25/h2,4-5,12H,3,6-9H2,1H3,(H,18,25)(H,19,20)/t12-/m0/s1. The molecule has 0 spiro atoms. The molecular weight excluding hydrogens is 322 g/mol. The number of hydrogen-bond acceptors (Lipinski definition) is 4. The zero-order valence-electron chi connectivity index (χ0n) is 13.9. The molecule has 3 heterocycles. The van der Waals surface area contributed by atoms with Gasteiger partial charge in [-0.25, -0.2) is 9.78 Å². The molecule has 0 bridgehead atoms. The van der Waals surface area contributed by atoms with Crippen LogP contribution < -0.4 is 5.32 Å². The van der Waals surface area contributed by atoms with Crippen LogP contribution in [-0.4, -0.2) is 57.2 Å². The summed E-state index contributed by atoms with van der Waals surface area (Å²) in [6.45, 7) is 2.34. The van der Waals surface area contributed by atoms with Crippen LogP contribution >= 0.6 is 0 Å². The molecule has 1 atom stereocenters. The molecule has 4 amide bonds. The van der Waals surface area contributed by atoms with Crippen LogP contribution in [-0.2, 0) is 9.59 Å². The van der Waals surface area contributed by atoms with Crippen LogP contribution in [0.15, 0.2) is 18.2 Å². The highest BCUT2D eigenvalue weighted by Gasteiger charge is 2.36. The van der Waals surface area contributed by atoms with E-state index in [1.165, 1.54) is 0 Å². The molecule has 1 aromatic carbocycles. The first kappa shape index (κ1) is 15.6. The van der Waals surface area contributed by atoms with E-state index in [2.05, 4.69) is 15.3 Å². The van der Waals surface area contributed by atoms with E-state index in [0.717, 1.165) is 40.2 Å². The second kappa shape index (κ2) is 5.87. The fraction of sp³-hybridized carbons (Fsp3) is 0.412. The van der Waals surface area contributed by atoms with E-state index in [-0.39, 0.29) is 30.9 Å². The fourth-order valence-electron chi connectivity index (χ4n) is 3.54. The number of carbonyl (C=O) groups excluding carboxylic acids is 3. The number of para-hydroxylation sites is 1. The van der Waals surface area contributed by atoms with Crippen LogP contribution in [0.1, 0.15) is 30.3 Å². The van der Waals surface area contributed by atoms with Gasteiger partial charge in [-0.2, -0.15) is 0 Å². The molecule has 8 nitrogen and oxygen atoms in total. The summed E-state index contributed by atoms with van der Waals surface area (Å²) in [5, 5.41) is 2.43. The van der Waals surface area contributed by atoms with Gasteiger partial charge in [0, 0.05) is 6.54 Å². The van der Waals surface area contributed by atoms with E-state index >= 15 is 0 Å². The summed E-state index contributed by atoms with van der Waals surface area (Å²) in [4.78, 5) is 46.7. The van der Waals surface area contributed by atoms with E-state index in [4.69, 9.17) is 0 Å². The maximum absolute atomic E-state index is 12.7. The zero-order valence-corrected chi connectivity index (χ0v) is 13.9. The fourth-order valence-corrected chi connectivity index (χ4v) is 3.54. The molecule has 2 aliphatic heterocycles. The van der Waals surface area contributed by atoms with E-state index in [0.29, 0.717) is 6.54 Å². The van der Waals surface area contributed by atoms with Gasteiger partial charge in [0.1, 0.15) is 12.4 Å². The highest BCUT2D eigenvalue weighted by Crippen LogP contribution is 2.32. The maximum Gasteiger partial charge on any atom is 0.325 e. The van der Waals surface area contributed by atoms with Crippen molar-refractivity contribution in [2.24, 2.45) is 0 Å². The predicted molar refractivity (Wildman–Crippen MR) is 89.6 cm³/mol. The van der Waals surface area contributed by atoms with Gasteiger partial charge in [-0.1, -0.05) is 12.1 Å². The molecule has 2 fully saturated rings. The summed E-state index contributed by atoms with van der Waals surface area (Å²) in [5.41, 5.74) is 2.93. The quantitative estimate of drug-likeness (QED) is 0.816. The van der Waals surface area contributed by atoms with Crippen LogP contribution in [0.25, 0.3) is 11.0 Å². The van der Waals surface area contributed by atoms with Gasteiger partial charge in [-0.05, 0) is 31.4 Å². The van der Waals surface area contributed by atoms with Crippen molar-refractivity contribution in [3.05, 3.63) is 29.6 Å². The third-order valence-electron chi connectivity index (χ3n) is 4.85. The monoisotopic (exact) mass is 341 g/mol. The lowest BCUT2D eigenvalue weighted by Crippen LogP contribution is -2.43. The van der Waals surface area contributed by atoms with E-state index < -0.39 is 6.03 Å². The van der Waals surface area contributed by atoms with E-state index in [1.807, 2.05) is 25.1 Å². The molecule has 1 aromatic heterocycles. The molecule has 0 aliphatic carbocycles. The zero-order chi connectivity index (χ0) is 17.6. The Hall–Kier alpha value is -2.90. The Kier molecular flexibility index (Phi) is 3.67. The average molecular weight is 341 g/mol. The number of carbonyl (C=O) groups is 3. The lowest BCUT2D eigenvalue weighted by atomic mass is 10.2. The van der Waals surface area contributed by atoms with Crippen molar-refractivity contribution in [3.8, 4) is 0 Å². The molecule has 0 saturated carbocycles. The Morgan fingerprint density at radius 1 is 1.36 bits per heavy atom. The number of likely N-dealkylation sites (tertiary alicyclic amines) is 1. The number of imide groups is 1. The number of fused-ring (bicyclic) bond motifs is 1. The van der Waals surface area contributed by atoms with Crippen molar-refractivity contribution < 1.29 is 14.4 Å². The van der Waals surface area contributed by atoms with Crippen molar-refractivity contribution in [2.75, 3.05) is 19.6 Å². The maximum atomic E-state index is 12.7. The molecule has 4 rings (SSSR count). The first-order chi connectivity index (χ1) is 12.0. The number of benzene rings is 1. The molecule has 0 unspecified atom stereocenters. The number of urea groups is 1. The third-order valence-corrected chi connectivity index (χ3v) is 4.85. The number of amides is 4. The molecule has 2 N–H and O–H groups in total. The number of rotatable bonds is 3. The van der Waals surface area contributed by atoms with Crippen LogP contribution in [0.4, 0.5) is 4.79 Å². The predicted octanol–water partition coefficient (Wildman–Crippen LogP) is 1.09. The first-order valence-electron chi connectivity index (χ1n) is 8.37. The molecule has 130 valence electrons. The summed E-state index contributed by atoms with van der Waals surface area (Å²) >= 11 is 0. The van der Waals surface area contributed by atoms with Gasteiger partial charge < -0.3 is 15.2 Å². The number of hydrogen-bond donors (Lipinski definition) is 2. The molecule has 0 radical (unpaired) electrons. The third kappa shape index (κ3) is 2.63. The van der Waals surface area contributed by atoms with Crippen molar-refractivity contribution in [2.45, 2.75) is 25.8 Å². The summed E-state index contributed by atoms with van der Waals surface area (Å²) in [5.74, 6) is 0.158. The second-order valence-corrected chi connectivity index (χ2v) is 6.48. The smallest absolute Gasteiger partial charge is 0.325 e. The molecular formula is C17H19N5O3. The second-order valence-electron chi connectivity index (χ2n) is 6.48. The number of H-pyrrole nitrogens is 1. The first-order valence-corrected chi connectivity index (χ1v) is 8.37. The molecule has 2 aromatic rings. The minimum absolute atomic E-state index is 0.0433. The highest BCUT2D eigenvalue weighted by molar-refractivity contribution is 6.04. The Morgan fingerprint density at radius 3 is 2.92 bits per heavy atom. The van der Waals surface area contributed by atoms with Crippen molar-refractivity contribution in [1.82, 2.24) is 25.1 Å². The summed E-state index contributed by atoms with van der Waals surface area (Å²) < 4.78 is 0. The number of nitrogens with one attached hydrogen (secondary N) is 2. The van der Waals surface area contributed by atoms with Crippen molar-refractivity contribution >= 4 is 28.9 Å².